The van der Waals surface area contributed by atoms with Gasteiger partial charge in [-0.15, -0.1) is 0 Å². The average Bonchev–Trinajstić information content (AvgIpc) is 2.38. The van der Waals surface area contributed by atoms with Crippen molar-refractivity contribution in [3.05, 3.63) is 22.7 Å². The Morgan fingerprint density at radius 3 is 2.65 bits per heavy atom. The van der Waals surface area contributed by atoms with E-state index in [9.17, 15) is 4.79 Å². The van der Waals surface area contributed by atoms with Gasteiger partial charge < -0.3 is 14.6 Å². The quantitative estimate of drug-likeness (QED) is 0.839. The molecule has 1 aliphatic heterocycles. The number of fused-ring (bicyclic) bond motifs is 1. The molecule has 1 heterocycles. The summed E-state index contributed by atoms with van der Waals surface area (Å²) in [6.45, 7) is 4.95. The molecule has 0 atom stereocenters. The van der Waals surface area contributed by atoms with Gasteiger partial charge in [-0.25, -0.2) is 4.79 Å². The Hall–Kier alpha value is -1.42. The third-order valence-corrected chi connectivity index (χ3v) is 2.76. The van der Waals surface area contributed by atoms with Crippen molar-refractivity contribution in [1.82, 2.24) is 0 Å². The van der Waals surface area contributed by atoms with E-state index in [-0.39, 0.29) is 16.0 Å². The number of carboxylic acid groups (broad SMARTS) is 1. The number of rotatable bonds is 1. The van der Waals surface area contributed by atoms with Gasteiger partial charge in [0.2, 0.25) is 0 Å². The van der Waals surface area contributed by atoms with E-state index in [0.29, 0.717) is 24.7 Å². The lowest BCUT2D eigenvalue weighted by molar-refractivity contribution is 0.0696. The molecular weight excluding hydrogens is 244 g/mol. The number of aromatic carboxylic acids is 1. The highest BCUT2D eigenvalue weighted by molar-refractivity contribution is 6.32. The summed E-state index contributed by atoms with van der Waals surface area (Å²) in [6.07, 6.45) is 0. The van der Waals surface area contributed by atoms with Crippen LogP contribution in [0.15, 0.2) is 12.1 Å². The SMILES string of the molecule is CC1(C)COc2cc(C(=O)O)cc(Cl)c2OC1. The lowest BCUT2D eigenvalue weighted by atomic mass is 9.97. The van der Waals surface area contributed by atoms with Gasteiger partial charge in [-0.05, 0) is 12.1 Å². The molecule has 1 aromatic rings. The van der Waals surface area contributed by atoms with Crippen molar-refractivity contribution in [2.75, 3.05) is 13.2 Å². The fraction of sp³-hybridized carbons (Fsp3) is 0.417. The summed E-state index contributed by atoms with van der Waals surface area (Å²) in [5.74, 6) is -0.232. The number of benzene rings is 1. The molecule has 17 heavy (non-hydrogen) atoms. The van der Waals surface area contributed by atoms with Crippen molar-refractivity contribution in [2.24, 2.45) is 5.41 Å². The first-order valence-electron chi connectivity index (χ1n) is 5.21. The zero-order chi connectivity index (χ0) is 12.6. The van der Waals surface area contributed by atoms with Crippen LogP contribution in [0.4, 0.5) is 0 Å². The van der Waals surface area contributed by atoms with Gasteiger partial charge in [-0.2, -0.15) is 0 Å². The van der Waals surface area contributed by atoms with Gasteiger partial charge in [-0.1, -0.05) is 25.4 Å². The summed E-state index contributed by atoms with van der Waals surface area (Å²) in [5.41, 5.74) is -0.0387. The van der Waals surface area contributed by atoms with E-state index >= 15 is 0 Å². The minimum Gasteiger partial charge on any atom is -0.489 e. The third kappa shape index (κ3) is 2.47. The number of carboxylic acids is 1. The number of hydrogen-bond acceptors (Lipinski definition) is 3. The van der Waals surface area contributed by atoms with Crippen molar-refractivity contribution >= 4 is 17.6 Å². The van der Waals surface area contributed by atoms with E-state index in [1.807, 2.05) is 13.8 Å². The van der Waals surface area contributed by atoms with Gasteiger partial charge in [0.25, 0.3) is 0 Å². The largest absolute Gasteiger partial charge is 0.489 e. The molecule has 1 aliphatic rings. The van der Waals surface area contributed by atoms with Crippen LogP contribution >= 0.6 is 11.6 Å². The fourth-order valence-electron chi connectivity index (χ4n) is 1.52. The van der Waals surface area contributed by atoms with Crippen molar-refractivity contribution in [3.63, 3.8) is 0 Å². The van der Waals surface area contributed by atoms with Gasteiger partial charge >= 0.3 is 5.97 Å². The van der Waals surface area contributed by atoms with Crippen molar-refractivity contribution in [3.8, 4) is 11.5 Å². The monoisotopic (exact) mass is 256 g/mol. The summed E-state index contributed by atoms with van der Waals surface area (Å²) in [4.78, 5) is 10.9. The standard InChI is InChI=1S/C12H13ClO4/c1-12(2)5-16-9-4-7(11(14)15)3-8(13)10(9)17-6-12/h3-4H,5-6H2,1-2H3,(H,14,15). The minimum absolute atomic E-state index is 0.0945. The second-order valence-electron chi connectivity index (χ2n) is 4.83. The van der Waals surface area contributed by atoms with Crippen LogP contribution in [0.3, 0.4) is 0 Å². The van der Waals surface area contributed by atoms with Crippen molar-refractivity contribution in [1.29, 1.82) is 0 Å². The fourth-order valence-corrected chi connectivity index (χ4v) is 1.79. The summed E-state index contributed by atoms with van der Waals surface area (Å²) < 4.78 is 11.1. The Kier molecular flexibility index (Phi) is 2.91. The molecule has 0 aliphatic carbocycles. The molecule has 4 nitrogen and oxygen atoms in total. The Balaban J connectivity index is 2.43. The zero-order valence-electron chi connectivity index (χ0n) is 9.62. The molecule has 0 unspecified atom stereocenters. The van der Waals surface area contributed by atoms with E-state index in [1.165, 1.54) is 12.1 Å². The predicted octanol–water partition coefficient (Wildman–Crippen LogP) is 2.84. The molecule has 0 saturated carbocycles. The van der Waals surface area contributed by atoms with Crippen LogP contribution in [0, 0.1) is 5.41 Å². The van der Waals surface area contributed by atoms with Gasteiger partial charge in [-0.3, -0.25) is 0 Å². The van der Waals surface area contributed by atoms with E-state index in [2.05, 4.69) is 0 Å². The van der Waals surface area contributed by atoms with Crippen LogP contribution in [0.2, 0.25) is 5.02 Å². The first kappa shape index (κ1) is 12.0. The Morgan fingerprint density at radius 2 is 2.00 bits per heavy atom. The highest BCUT2D eigenvalue weighted by atomic mass is 35.5. The predicted molar refractivity (Wildman–Crippen MR) is 63.2 cm³/mol. The topological polar surface area (TPSA) is 55.8 Å². The summed E-state index contributed by atoms with van der Waals surface area (Å²) in [6, 6.07) is 2.80. The molecule has 0 bridgehead atoms. The first-order chi connectivity index (χ1) is 7.89. The smallest absolute Gasteiger partial charge is 0.335 e. The van der Waals surface area contributed by atoms with Gasteiger partial charge in [0.05, 0.1) is 23.8 Å². The molecule has 0 spiro atoms. The normalized spacial score (nSPS) is 17.4. The Labute approximate surface area is 104 Å². The summed E-state index contributed by atoms with van der Waals surface area (Å²) >= 11 is 5.99. The molecule has 0 aromatic heterocycles. The lowest BCUT2D eigenvalue weighted by Crippen LogP contribution is -2.26. The maximum atomic E-state index is 10.9. The van der Waals surface area contributed by atoms with Crippen molar-refractivity contribution < 1.29 is 19.4 Å². The highest BCUT2D eigenvalue weighted by Crippen LogP contribution is 2.40. The van der Waals surface area contributed by atoms with Crippen LogP contribution in [0.5, 0.6) is 11.5 Å². The van der Waals surface area contributed by atoms with Crippen LogP contribution in [0.1, 0.15) is 24.2 Å². The highest BCUT2D eigenvalue weighted by Gasteiger charge is 2.27. The van der Waals surface area contributed by atoms with Crippen LogP contribution in [-0.2, 0) is 0 Å². The average molecular weight is 257 g/mol. The van der Waals surface area contributed by atoms with E-state index in [0.717, 1.165) is 0 Å². The molecule has 0 fully saturated rings. The maximum absolute atomic E-state index is 10.9. The number of carbonyl (C=O) groups is 1. The number of halogens is 1. The lowest BCUT2D eigenvalue weighted by Gasteiger charge is -2.19. The van der Waals surface area contributed by atoms with Crippen molar-refractivity contribution in [2.45, 2.75) is 13.8 Å². The molecule has 5 heteroatoms. The molecular formula is C12H13ClO4. The molecule has 2 rings (SSSR count). The molecule has 1 N–H and O–H groups in total. The molecule has 1 aromatic carbocycles. The van der Waals surface area contributed by atoms with E-state index < -0.39 is 5.97 Å². The molecule has 0 radical (unpaired) electrons. The van der Waals surface area contributed by atoms with E-state index in [4.69, 9.17) is 26.2 Å². The number of ether oxygens (including phenoxy) is 2. The van der Waals surface area contributed by atoms with Crippen LogP contribution in [0.25, 0.3) is 0 Å². The Bertz CT molecular complexity index is 468. The van der Waals surface area contributed by atoms with Crippen LogP contribution in [-0.4, -0.2) is 24.3 Å². The molecule has 92 valence electrons. The summed E-state index contributed by atoms with van der Waals surface area (Å²) in [5, 5.41) is 9.19. The molecule has 0 saturated heterocycles. The second-order valence-corrected chi connectivity index (χ2v) is 5.24. The van der Waals surface area contributed by atoms with Gasteiger partial charge in [0, 0.05) is 5.41 Å². The van der Waals surface area contributed by atoms with Gasteiger partial charge in [0.1, 0.15) is 0 Å². The summed E-state index contributed by atoms with van der Waals surface area (Å²) in [7, 11) is 0. The number of hydrogen-bond donors (Lipinski definition) is 1. The zero-order valence-corrected chi connectivity index (χ0v) is 10.4. The third-order valence-electron chi connectivity index (χ3n) is 2.48. The first-order valence-corrected chi connectivity index (χ1v) is 5.59. The van der Waals surface area contributed by atoms with Crippen LogP contribution < -0.4 is 9.47 Å². The second kappa shape index (κ2) is 4.11. The maximum Gasteiger partial charge on any atom is 0.335 e. The van der Waals surface area contributed by atoms with Gasteiger partial charge in [0.15, 0.2) is 11.5 Å². The van der Waals surface area contributed by atoms with E-state index in [1.54, 1.807) is 0 Å². The minimum atomic E-state index is -1.04. The molecule has 0 amide bonds. The Morgan fingerprint density at radius 1 is 1.35 bits per heavy atom.